The summed E-state index contributed by atoms with van der Waals surface area (Å²) >= 11 is 4.48. The second-order valence-electron chi connectivity index (χ2n) is 4.98. The minimum absolute atomic E-state index is 0.0112. The predicted molar refractivity (Wildman–Crippen MR) is 101 cm³/mol. The molecule has 0 bridgehead atoms. The molecule has 0 saturated carbocycles. The van der Waals surface area contributed by atoms with Gasteiger partial charge >= 0.3 is 0 Å². The van der Waals surface area contributed by atoms with Crippen molar-refractivity contribution in [3.05, 3.63) is 29.8 Å². The van der Waals surface area contributed by atoms with Gasteiger partial charge in [-0.3, -0.25) is 4.79 Å². The summed E-state index contributed by atoms with van der Waals surface area (Å²) < 4.78 is 6.80. The number of carbonyl (C=O) groups is 1. The third-order valence-corrected chi connectivity index (χ3v) is 6.46. The Labute approximate surface area is 159 Å². The zero-order chi connectivity index (χ0) is 18.1. The minimum Gasteiger partial charge on any atom is -0.497 e. The van der Waals surface area contributed by atoms with E-state index in [9.17, 15) is 4.79 Å². The zero-order valence-corrected chi connectivity index (χ0v) is 16.4. The highest BCUT2D eigenvalue weighted by Gasteiger charge is 2.12. The van der Waals surface area contributed by atoms with Gasteiger partial charge in [0.25, 0.3) is 0 Å². The SMILES string of the molecule is COc1ccc(CSc2nnc(SCC(=O)N(C)CCC#N)s2)cc1. The minimum atomic E-state index is -0.0112. The van der Waals surface area contributed by atoms with E-state index in [-0.39, 0.29) is 5.91 Å². The van der Waals surface area contributed by atoms with E-state index in [1.807, 2.05) is 30.3 Å². The van der Waals surface area contributed by atoms with Gasteiger partial charge in [0.05, 0.1) is 25.4 Å². The Balaban J connectivity index is 1.77. The van der Waals surface area contributed by atoms with Crippen LogP contribution in [0.2, 0.25) is 0 Å². The summed E-state index contributed by atoms with van der Waals surface area (Å²) in [6, 6.07) is 9.96. The van der Waals surface area contributed by atoms with E-state index in [0.29, 0.717) is 18.7 Å². The number of hydrogen-bond donors (Lipinski definition) is 0. The first-order valence-corrected chi connectivity index (χ1v) is 10.2. The average Bonchev–Trinajstić information content (AvgIpc) is 3.10. The van der Waals surface area contributed by atoms with Gasteiger partial charge in [-0.2, -0.15) is 5.26 Å². The Morgan fingerprint density at radius 1 is 1.28 bits per heavy atom. The van der Waals surface area contributed by atoms with Gasteiger partial charge in [0.2, 0.25) is 5.91 Å². The molecule has 6 nitrogen and oxygen atoms in total. The van der Waals surface area contributed by atoms with Crippen molar-refractivity contribution >= 4 is 40.8 Å². The van der Waals surface area contributed by atoms with Crippen molar-refractivity contribution in [2.45, 2.75) is 20.9 Å². The third kappa shape index (κ3) is 6.57. The molecule has 2 rings (SSSR count). The van der Waals surface area contributed by atoms with Gasteiger partial charge in [0.15, 0.2) is 8.68 Å². The summed E-state index contributed by atoms with van der Waals surface area (Å²) in [6.45, 7) is 0.453. The van der Waals surface area contributed by atoms with E-state index >= 15 is 0 Å². The summed E-state index contributed by atoms with van der Waals surface area (Å²) in [6.07, 6.45) is 0.345. The number of nitrogens with zero attached hydrogens (tertiary/aromatic N) is 4. The van der Waals surface area contributed by atoms with Crippen LogP contribution < -0.4 is 4.74 Å². The van der Waals surface area contributed by atoms with Crippen molar-refractivity contribution in [2.24, 2.45) is 0 Å². The van der Waals surface area contributed by atoms with Crippen LogP contribution >= 0.6 is 34.9 Å². The Morgan fingerprint density at radius 3 is 2.60 bits per heavy atom. The van der Waals surface area contributed by atoms with Gasteiger partial charge in [-0.25, -0.2) is 0 Å². The van der Waals surface area contributed by atoms with Crippen LogP contribution in [0.3, 0.4) is 0 Å². The average molecular weight is 395 g/mol. The topological polar surface area (TPSA) is 79.1 Å². The molecule has 1 heterocycles. The fourth-order valence-corrected chi connectivity index (χ4v) is 4.67. The summed E-state index contributed by atoms with van der Waals surface area (Å²) in [5.41, 5.74) is 1.18. The number of rotatable bonds is 9. The molecule has 0 N–H and O–H groups in total. The maximum atomic E-state index is 11.9. The van der Waals surface area contributed by atoms with Crippen molar-refractivity contribution in [3.8, 4) is 11.8 Å². The standard InChI is InChI=1S/C16H18N4O2S3/c1-20(9-3-8-17)14(21)11-24-16-19-18-15(25-16)23-10-12-4-6-13(22-2)7-5-12/h4-7H,3,9-11H2,1-2H3. The first-order chi connectivity index (χ1) is 12.1. The van der Waals surface area contributed by atoms with Crippen LogP contribution in [0.5, 0.6) is 5.75 Å². The second-order valence-corrected chi connectivity index (χ2v) is 8.41. The van der Waals surface area contributed by atoms with Gasteiger partial charge in [-0.1, -0.05) is 47.0 Å². The van der Waals surface area contributed by atoms with Crippen LogP contribution in [0, 0.1) is 11.3 Å². The number of ether oxygens (including phenoxy) is 1. The maximum absolute atomic E-state index is 11.9. The van der Waals surface area contributed by atoms with Gasteiger partial charge in [-0.15, -0.1) is 10.2 Å². The largest absolute Gasteiger partial charge is 0.497 e. The number of aromatic nitrogens is 2. The molecule has 0 aliphatic carbocycles. The molecule has 25 heavy (non-hydrogen) atoms. The molecule has 0 unspecified atom stereocenters. The number of benzene rings is 1. The van der Waals surface area contributed by atoms with E-state index in [4.69, 9.17) is 10.00 Å². The van der Waals surface area contributed by atoms with Gasteiger partial charge in [-0.05, 0) is 17.7 Å². The van der Waals surface area contributed by atoms with Gasteiger partial charge in [0.1, 0.15) is 5.75 Å². The summed E-state index contributed by atoms with van der Waals surface area (Å²) in [7, 11) is 3.35. The summed E-state index contributed by atoms with van der Waals surface area (Å²) in [4.78, 5) is 13.5. The lowest BCUT2D eigenvalue weighted by atomic mass is 10.2. The van der Waals surface area contributed by atoms with E-state index in [1.54, 1.807) is 30.8 Å². The first kappa shape index (κ1) is 19.6. The number of nitriles is 1. The van der Waals surface area contributed by atoms with Crippen molar-refractivity contribution in [2.75, 3.05) is 26.5 Å². The highest BCUT2D eigenvalue weighted by molar-refractivity contribution is 8.03. The number of hydrogen-bond acceptors (Lipinski definition) is 8. The highest BCUT2D eigenvalue weighted by atomic mass is 32.2. The van der Waals surface area contributed by atoms with E-state index in [0.717, 1.165) is 20.2 Å². The Morgan fingerprint density at radius 2 is 1.96 bits per heavy atom. The Bertz CT molecular complexity index is 728. The van der Waals surface area contributed by atoms with E-state index in [2.05, 4.69) is 10.2 Å². The van der Waals surface area contributed by atoms with Crippen LogP contribution in [-0.2, 0) is 10.5 Å². The van der Waals surface area contributed by atoms with Crippen LogP contribution in [0.4, 0.5) is 0 Å². The van der Waals surface area contributed by atoms with E-state index < -0.39 is 0 Å². The maximum Gasteiger partial charge on any atom is 0.232 e. The molecule has 132 valence electrons. The molecule has 1 amide bonds. The van der Waals surface area contributed by atoms with Crippen molar-refractivity contribution in [3.63, 3.8) is 0 Å². The lowest BCUT2D eigenvalue weighted by molar-refractivity contribution is -0.127. The molecule has 0 radical (unpaired) electrons. The molecule has 2 aromatic rings. The van der Waals surface area contributed by atoms with Crippen molar-refractivity contribution in [1.29, 1.82) is 5.26 Å². The van der Waals surface area contributed by atoms with E-state index in [1.165, 1.54) is 28.7 Å². The third-order valence-electron chi connectivity index (χ3n) is 3.21. The zero-order valence-electron chi connectivity index (χ0n) is 14.0. The normalized spacial score (nSPS) is 10.3. The molecule has 0 spiro atoms. The van der Waals surface area contributed by atoms with Gasteiger partial charge in [0, 0.05) is 19.3 Å². The Hall–Kier alpha value is -1.76. The summed E-state index contributed by atoms with van der Waals surface area (Å²) in [5.74, 6) is 1.94. The molecule has 1 aromatic carbocycles. The van der Waals surface area contributed by atoms with Crippen molar-refractivity contribution < 1.29 is 9.53 Å². The molecular formula is C16H18N4O2S3. The molecule has 0 atom stereocenters. The Kier molecular flexibility index (Phi) is 8.04. The van der Waals surface area contributed by atoms with Crippen LogP contribution in [0.1, 0.15) is 12.0 Å². The fourth-order valence-electron chi connectivity index (χ4n) is 1.76. The molecule has 9 heteroatoms. The number of thioether (sulfide) groups is 2. The first-order valence-electron chi connectivity index (χ1n) is 7.45. The van der Waals surface area contributed by atoms with Crippen LogP contribution in [0.15, 0.2) is 32.9 Å². The molecule has 1 aromatic heterocycles. The second kappa shape index (κ2) is 10.3. The van der Waals surface area contributed by atoms with Crippen molar-refractivity contribution in [1.82, 2.24) is 15.1 Å². The molecule has 0 saturated heterocycles. The summed E-state index contributed by atoms with van der Waals surface area (Å²) in [5, 5.41) is 16.8. The van der Waals surface area contributed by atoms with Gasteiger partial charge < -0.3 is 9.64 Å². The quantitative estimate of drug-likeness (QED) is 0.604. The van der Waals surface area contributed by atoms with Crippen LogP contribution in [-0.4, -0.2) is 47.5 Å². The monoisotopic (exact) mass is 394 g/mol. The number of methoxy groups -OCH3 is 1. The fraction of sp³-hybridized carbons (Fsp3) is 0.375. The van der Waals surface area contributed by atoms with Crippen LogP contribution in [0.25, 0.3) is 0 Å². The highest BCUT2D eigenvalue weighted by Crippen LogP contribution is 2.31. The number of carbonyl (C=O) groups excluding carboxylic acids is 1. The molecule has 0 aliphatic rings. The molecule has 0 aliphatic heterocycles. The molecule has 0 fully saturated rings. The lowest BCUT2D eigenvalue weighted by Gasteiger charge is -2.14. The predicted octanol–water partition coefficient (Wildman–Crippen LogP) is 3.30. The lowest BCUT2D eigenvalue weighted by Crippen LogP contribution is -2.29. The number of amides is 1. The smallest absolute Gasteiger partial charge is 0.232 e. The molecular weight excluding hydrogens is 376 g/mol.